The molecule has 0 bridgehead atoms. The number of likely N-dealkylation sites (N-methyl/N-ethyl adjacent to an activating group) is 1. The van der Waals surface area contributed by atoms with E-state index < -0.39 is 26.0 Å². The van der Waals surface area contributed by atoms with Gasteiger partial charge in [-0.2, -0.15) is 8.42 Å². The molecule has 0 aliphatic carbocycles. The molecule has 0 unspecified atom stereocenters. The van der Waals surface area contributed by atoms with Crippen LogP contribution in [0.2, 0.25) is 0 Å². The van der Waals surface area contributed by atoms with Gasteiger partial charge in [0.15, 0.2) is 0 Å². The quantitative estimate of drug-likeness (QED) is 0.135. The summed E-state index contributed by atoms with van der Waals surface area (Å²) in [5, 5.41) is 0. The van der Waals surface area contributed by atoms with Crippen LogP contribution in [0.15, 0.2) is 29.2 Å². The van der Waals surface area contributed by atoms with Gasteiger partial charge in [-0.3, -0.25) is 4.55 Å². The van der Waals surface area contributed by atoms with E-state index >= 15 is 0 Å². The van der Waals surface area contributed by atoms with Gasteiger partial charge in [-0.15, -0.1) is 0 Å². The number of ether oxygens (including phenoxy) is 3. The molecule has 1 saturated heterocycles. The van der Waals surface area contributed by atoms with Gasteiger partial charge in [-0.1, -0.05) is 17.7 Å². The highest BCUT2D eigenvalue weighted by Crippen LogP contribution is 2.43. The number of halogens is 1. The predicted octanol–water partition coefficient (Wildman–Crippen LogP) is 3.23. The highest BCUT2D eigenvalue weighted by atomic mass is 79.9. The van der Waals surface area contributed by atoms with Crippen LogP contribution in [-0.2, 0) is 34.4 Å². The van der Waals surface area contributed by atoms with Gasteiger partial charge in [0.1, 0.15) is 16.7 Å². The Kier molecular flexibility index (Phi) is 14.7. The molecule has 0 saturated carbocycles. The zero-order valence-electron chi connectivity index (χ0n) is 24.8. The number of piperidine rings is 1. The van der Waals surface area contributed by atoms with E-state index in [4.69, 9.17) is 18.8 Å². The van der Waals surface area contributed by atoms with Crippen LogP contribution >= 0.6 is 16.1 Å². The Balaban J connectivity index is 0.000000603. The molecular formula is C26H47BrN2O9S2. The van der Waals surface area contributed by atoms with Gasteiger partial charge < -0.3 is 23.2 Å². The molecule has 0 amide bonds. The molecular weight excluding hydrogens is 628 g/mol. The normalized spacial score (nSPS) is 18.2. The zero-order valence-corrected chi connectivity index (χ0v) is 28.0. The third-order valence-electron chi connectivity index (χ3n) is 6.87. The summed E-state index contributed by atoms with van der Waals surface area (Å²) in [4.78, 5) is -0.178. The standard InChI is InChI=1S/C19H39BrN2O6S.C7H8O3S/c1-18(2)15-17(16-19(3,4)21(18)20)22(5,6)7-8-26-9-10-27-11-12-28-13-14-29(23,24)25;1-6-2-4-7(5-3-6)11(8,9)10/h17H,7-16H2,1-6H3;2-5H,1H3,(H,8,9,10). The van der Waals surface area contributed by atoms with E-state index in [-0.39, 0.29) is 29.2 Å². The Bertz CT molecular complexity index is 1090. The summed E-state index contributed by atoms with van der Waals surface area (Å²) in [5.41, 5.74) is 1.12. The van der Waals surface area contributed by atoms with E-state index in [9.17, 15) is 21.4 Å². The van der Waals surface area contributed by atoms with Crippen molar-refractivity contribution in [2.45, 2.75) is 69.5 Å². The summed E-state index contributed by atoms with van der Waals surface area (Å²) < 4.78 is 80.3. The predicted molar refractivity (Wildman–Crippen MR) is 157 cm³/mol. The van der Waals surface area contributed by atoms with Gasteiger partial charge in [0, 0.05) is 40.1 Å². The molecule has 1 N–H and O–H groups in total. The first-order valence-corrected chi connectivity index (χ1v) is 16.9. The third-order valence-corrected chi connectivity index (χ3v) is 10.3. The number of hydrogen-bond donors (Lipinski definition) is 1. The summed E-state index contributed by atoms with van der Waals surface area (Å²) in [6, 6.07) is 6.35. The maximum absolute atomic E-state index is 10.5. The summed E-state index contributed by atoms with van der Waals surface area (Å²) in [7, 11) is -3.67. The Labute approximate surface area is 249 Å². The van der Waals surface area contributed by atoms with Gasteiger partial charge in [-0.05, 0) is 46.8 Å². The first-order valence-electron chi connectivity index (χ1n) is 13.2. The van der Waals surface area contributed by atoms with Crippen LogP contribution in [-0.4, -0.2) is 118 Å². The fourth-order valence-electron chi connectivity index (χ4n) is 4.59. The largest absolute Gasteiger partial charge is 0.744 e. The highest BCUT2D eigenvalue weighted by Gasteiger charge is 2.49. The van der Waals surface area contributed by atoms with E-state index in [0.29, 0.717) is 32.5 Å². The molecule has 0 spiro atoms. The first-order chi connectivity index (χ1) is 18.2. The average Bonchev–Trinajstić information content (AvgIpc) is 2.80. The van der Waals surface area contributed by atoms with Crippen LogP contribution < -0.4 is 0 Å². The molecule has 40 heavy (non-hydrogen) atoms. The Hall–Kier alpha value is -0.680. The molecule has 0 atom stereocenters. The van der Waals surface area contributed by atoms with Crippen LogP contribution in [0.3, 0.4) is 0 Å². The summed E-state index contributed by atoms with van der Waals surface area (Å²) >= 11 is 3.78. The first kappa shape index (κ1) is 37.3. The van der Waals surface area contributed by atoms with Gasteiger partial charge in [-0.25, -0.2) is 12.3 Å². The molecule has 11 nitrogen and oxygen atoms in total. The van der Waals surface area contributed by atoms with Crippen LogP contribution in [0.4, 0.5) is 0 Å². The van der Waals surface area contributed by atoms with Crippen molar-refractivity contribution in [1.82, 2.24) is 3.93 Å². The summed E-state index contributed by atoms with van der Waals surface area (Å²) in [5.74, 6) is -0.396. The molecule has 1 fully saturated rings. The Morgan fingerprint density at radius 3 is 1.75 bits per heavy atom. The van der Waals surface area contributed by atoms with E-state index in [0.717, 1.165) is 29.4 Å². The van der Waals surface area contributed by atoms with Crippen LogP contribution in [0.5, 0.6) is 0 Å². The molecule has 1 aromatic rings. The topological polar surface area (TPSA) is 142 Å². The number of quaternary nitrogens is 1. The van der Waals surface area contributed by atoms with Crippen molar-refractivity contribution in [3.05, 3.63) is 29.8 Å². The SMILES string of the molecule is CC1(C)CC([N+](C)(C)CCOCCOCCOCCS(=O)(=O)O)CC(C)(C)N1Br.Cc1ccc(S(=O)(=O)[O-])cc1. The fourth-order valence-corrected chi connectivity index (χ4v) is 5.68. The maximum atomic E-state index is 10.5. The second-order valence-electron chi connectivity index (χ2n) is 11.9. The molecule has 1 aromatic carbocycles. The van der Waals surface area contributed by atoms with E-state index in [2.05, 4.69) is 61.9 Å². The van der Waals surface area contributed by atoms with Crippen LogP contribution in [0.25, 0.3) is 0 Å². The lowest BCUT2D eigenvalue weighted by molar-refractivity contribution is -0.918. The van der Waals surface area contributed by atoms with Gasteiger partial charge >= 0.3 is 0 Å². The summed E-state index contributed by atoms with van der Waals surface area (Å²) in [6.45, 7) is 14.2. The van der Waals surface area contributed by atoms with Crippen molar-refractivity contribution >= 4 is 36.4 Å². The maximum Gasteiger partial charge on any atom is 0.267 e. The number of nitrogens with zero attached hydrogens (tertiary/aromatic N) is 2. The molecule has 0 radical (unpaired) electrons. The fraction of sp³-hybridized carbons (Fsp3) is 0.769. The van der Waals surface area contributed by atoms with Gasteiger partial charge in [0.25, 0.3) is 10.1 Å². The smallest absolute Gasteiger partial charge is 0.267 e. The van der Waals surface area contributed by atoms with E-state index in [1.807, 2.05) is 6.92 Å². The van der Waals surface area contributed by atoms with Crippen molar-refractivity contribution in [2.24, 2.45) is 0 Å². The van der Waals surface area contributed by atoms with Crippen molar-refractivity contribution in [2.75, 3.05) is 66.0 Å². The molecule has 1 heterocycles. The Morgan fingerprint density at radius 1 is 0.900 bits per heavy atom. The van der Waals surface area contributed by atoms with Crippen molar-refractivity contribution in [3.8, 4) is 0 Å². The lowest BCUT2D eigenvalue weighted by atomic mass is 9.78. The third kappa shape index (κ3) is 14.0. The number of hydrogen-bond acceptors (Lipinski definition) is 9. The molecule has 2 rings (SSSR count). The average molecular weight is 676 g/mol. The van der Waals surface area contributed by atoms with Gasteiger partial charge in [0.2, 0.25) is 0 Å². The van der Waals surface area contributed by atoms with Crippen LogP contribution in [0.1, 0.15) is 46.1 Å². The number of benzene rings is 1. The minimum absolute atomic E-state index is 0.0344. The Morgan fingerprint density at radius 2 is 1.32 bits per heavy atom. The molecule has 234 valence electrons. The second-order valence-corrected chi connectivity index (χ2v) is 15.5. The number of rotatable bonds is 14. The monoisotopic (exact) mass is 674 g/mol. The molecule has 1 aliphatic heterocycles. The van der Waals surface area contributed by atoms with Crippen molar-refractivity contribution < 1.29 is 44.6 Å². The highest BCUT2D eigenvalue weighted by molar-refractivity contribution is 9.07. The molecule has 0 aromatic heterocycles. The second kappa shape index (κ2) is 15.7. The van der Waals surface area contributed by atoms with Crippen molar-refractivity contribution in [3.63, 3.8) is 0 Å². The summed E-state index contributed by atoms with van der Waals surface area (Å²) in [6.07, 6.45) is 2.24. The van der Waals surface area contributed by atoms with Gasteiger partial charge in [0.05, 0.1) is 70.4 Å². The number of aryl methyl sites for hydroxylation is 1. The molecule has 14 heteroatoms. The molecule has 1 aliphatic rings. The van der Waals surface area contributed by atoms with E-state index in [1.165, 1.54) is 12.1 Å². The zero-order chi connectivity index (χ0) is 30.8. The van der Waals surface area contributed by atoms with Crippen LogP contribution in [0, 0.1) is 6.92 Å². The lowest BCUT2D eigenvalue weighted by Crippen LogP contribution is -2.64. The lowest BCUT2D eigenvalue weighted by Gasteiger charge is -2.55. The minimum atomic E-state index is -4.27. The minimum Gasteiger partial charge on any atom is -0.744 e. The van der Waals surface area contributed by atoms with Crippen molar-refractivity contribution in [1.29, 1.82) is 0 Å². The van der Waals surface area contributed by atoms with E-state index in [1.54, 1.807) is 12.1 Å².